The zero-order valence-corrected chi connectivity index (χ0v) is 12.7. The second-order valence-electron chi connectivity index (χ2n) is 6.13. The molecule has 0 aliphatic carbocycles. The van der Waals surface area contributed by atoms with Crippen molar-refractivity contribution in [2.45, 2.75) is 37.8 Å². The molecule has 0 fully saturated rings. The lowest BCUT2D eigenvalue weighted by Crippen LogP contribution is -2.41. The molecule has 0 unspecified atom stereocenters. The third-order valence-electron chi connectivity index (χ3n) is 4.60. The molecule has 0 bridgehead atoms. The highest BCUT2D eigenvalue weighted by Gasteiger charge is 2.32. The number of hydrogen-bond acceptors (Lipinski definition) is 3. The fraction of sp³-hybridized carbons (Fsp3) is 0.353. The number of nitrogens with zero attached hydrogens (tertiary/aromatic N) is 2. The Kier molecular flexibility index (Phi) is 3.37. The Morgan fingerprint density at radius 2 is 2.26 bits per heavy atom. The van der Waals surface area contributed by atoms with Crippen molar-refractivity contribution in [3.63, 3.8) is 0 Å². The maximum atomic E-state index is 12.4. The number of aromatic nitrogens is 2. The van der Waals surface area contributed by atoms with Crippen LogP contribution in [0.4, 0.5) is 5.69 Å². The van der Waals surface area contributed by atoms with Crippen molar-refractivity contribution >= 4 is 17.5 Å². The van der Waals surface area contributed by atoms with Crippen LogP contribution in [0, 0.1) is 0 Å². The lowest BCUT2D eigenvalue weighted by atomic mass is 9.96. The number of imidazole rings is 1. The number of hydrogen-bond donors (Lipinski definition) is 2. The smallest absolute Gasteiger partial charge is 0.232 e. The van der Waals surface area contributed by atoms with Crippen LogP contribution in [0.3, 0.4) is 0 Å². The molecule has 2 aliphatic heterocycles. The normalized spacial score (nSPS) is 22.2. The number of amides is 2. The number of carbonyl (C=O) groups is 2. The number of rotatable bonds is 3. The van der Waals surface area contributed by atoms with Crippen molar-refractivity contribution in [3.05, 3.63) is 48.0 Å². The molecule has 4 rings (SSSR count). The van der Waals surface area contributed by atoms with E-state index in [4.69, 9.17) is 0 Å². The number of nitrogens with one attached hydrogen (secondary N) is 2. The summed E-state index contributed by atoms with van der Waals surface area (Å²) in [5, 5.41) is 5.89. The molecule has 0 saturated carbocycles. The summed E-state index contributed by atoms with van der Waals surface area (Å²) in [6, 6.07) is 7.65. The Hall–Kier alpha value is -2.63. The van der Waals surface area contributed by atoms with Gasteiger partial charge in [0.25, 0.3) is 0 Å². The van der Waals surface area contributed by atoms with Crippen molar-refractivity contribution in [2.75, 3.05) is 5.32 Å². The van der Waals surface area contributed by atoms with Crippen LogP contribution in [0.2, 0.25) is 0 Å². The first-order valence-electron chi connectivity index (χ1n) is 7.90. The van der Waals surface area contributed by atoms with E-state index in [-0.39, 0.29) is 24.3 Å². The summed E-state index contributed by atoms with van der Waals surface area (Å²) < 4.78 is 2.08. The maximum absolute atomic E-state index is 12.4. The van der Waals surface area contributed by atoms with Crippen molar-refractivity contribution in [3.8, 4) is 0 Å². The molecule has 6 heteroatoms. The maximum Gasteiger partial charge on any atom is 0.232 e. The van der Waals surface area contributed by atoms with E-state index in [1.54, 1.807) is 6.20 Å². The summed E-state index contributed by atoms with van der Waals surface area (Å²) in [4.78, 5) is 28.7. The zero-order chi connectivity index (χ0) is 15.8. The lowest BCUT2D eigenvalue weighted by Gasteiger charge is -2.25. The highest BCUT2D eigenvalue weighted by atomic mass is 16.2. The minimum absolute atomic E-state index is 0.0737. The molecule has 118 valence electrons. The van der Waals surface area contributed by atoms with E-state index in [1.807, 2.05) is 30.5 Å². The highest BCUT2D eigenvalue weighted by molar-refractivity contribution is 6.04. The van der Waals surface area contributed by atoms with E-state index < -0.39 is 5.92 Å². The Bertz CT molecular complexity index is 767. The van der Waals surface area contributed by atoms with Gasteiger partial charge in [0.15, 0.2) is 0 Å². The average Bonchev–Trinajstić information content (AvgIpc) is 3.12. The van der Waals surface area contributed by atoms with Gasteiger partial charge in [-0.3, -0.25) is 9.59 Å². The summed E-state index contributed by atoms with van der Waals surface area (Å²) in [5.41, 5.74) is 1.73. The topological polar surface area (TPSA) is 76.0 Å². The number of carbonyl (C=O) groups excluding carboxylic acids is 2. The van der Waals surface area contributed by atoms with Gasteiger partial charge in [0.05, 0.1) is 5.92 Å². The molecular weight excluding hydrogens is 292 g/mol. The molecule has 0 radical (unpaired) electrons. The summed E-state index contributed by atoms with van der Waals surface area (Å²) >= 11 is 0. The summed E-state index contributed by atoms with van der Waals surface area (Å²) in [6.07, 6.45) is 5.67. The van der Waals surface area contributed by atoms with Gasteiger partial charge in [0.1, 0.15) is 5.82 Å². The van der Waals surface area contributed by atoms with Gasteiger partial charge in [-0.05, 0) is 18.1 Å². The molecule has 2 aliphatic rings. The van der Waals surface area contributed by atoms with E-state index in [1.165, 1.54) is 0 Å². The Balaban J connectivity index is 1.40. The van der Waals surface area contributed by atoms with Crippen molar-refractivity contribution in [1.29, 1.82) is 0 Å². The van der Waals surface area contributed by atoms with Gasteiger partial charge in [-0.1, -0.05) is 18.2 Å². The average molecular weight is 310 g/mol. The van der Waals surface area contributed by atoms with Crippen LogP contribution in [-0.4, -0.2) is 27.4 Å². The van der Waals surface area contributed by atoms with E-state index in [0.717, 1.165) is 36.5 Å². The van der Waals surface area contributed by atoms with Gasteiger partial charge >= 0.3 is 0 Å². The third-order valence-corrected chi connectivity index (χ3v) is 4.60. The van der Waals surface area contributed by atoms with Gasteiger partial charge < -0.3 is 15.2 Å². The zero-order valence-electron chi connectivity index (χ0n) is 12.7. The number of fused-ring (bicyclic) bond motifs is 2. The van der Waals surface area contributed by atoms with Crippen LogP contribution in [0.1, 0.15) is 30.1 Å². The number of anilines is 1. The van der Waals surface area contributed by atoms with E-state index in [9.17, 15) is 9.59 Å². The predicted octanol–water partition coefficient (Wildman–Crippen LogP) is 1.44. The molecule has 1 aromatic carbocycles. The Morgan fingerprint density at radius 1 is 1.39 bits per heavy atom. The van der Waals surface area contributed by atoms with Crippen LogP contribution in [0.15, 0.2) is 36.7 Å². The molecule has 2 aromatic rings. The summed E-state index contributed by atoms with van der Waals surface area (Å²) in [5.74, 6) is 0.510. The molecule has 2 atom stereocenters. The van der Waals surface area contributed by atoms with Gasteiger partial charge in [-0.15, -0.1) is 0 Å². The quantitative estimate of drug-likeness (QED) is 0.900. The number of aryl methyl sites for hydroxylation is 1. The minimum atomic E-state index is -0.390. The SMILES string of the molecule is O=C(C[C@@H]1C(=O)Nc2ccccc21)N[C@H]1CCc2nccn2C1. The fourth-order valence-corrected chi connectivity index (χ4v) is 3.43. The first-order valence-corrected chi connectivity index (χ1v) is 7.90. The second-order valence-corrected chi connectivity index (χ2v) is 6.13. The van der Waals surface area contributed by atoms with Crippen molar-refractivity contribution < 1.29 is 9.59 Å². The van der Waals surface area contributed by atoms with Gasteiger partial charge in [0.2, 0.25) is 11.8 Å². The molecule has 0 spiro atoms. The Labute approximate surface area is 133 Å². The van der Waals surface area contributed by atoms with Gasteiger partial charge in [-0.2, -0.15) is 0 Å². The molecule has 2 amide bonds. The summed E-state index contributed by atoms with van der Waals surface area (Å²) in [7, 11) is 0. The number of para-hydroxylation sites is 1. The van der Waals surface area contributed by atoms with Crippen LogP contribution < -0.4 is 10.6 Å². The summed E-state index contributed by atoms with van der Waals surface area (Å²) in [6.45, 7) is 0.745. The van der Waals surface area contributed by atoms with E-state index >= 15 is 0 Å². The standard InChI is InChI=1S/C17H18N4O2/c22-16(19-11-5-6-15-18-7-8-21(15)10-11)9-13-12-3-1-2-4-14(12)20-17(13)23/h1-4,7-8,11,13H,5-6,9-10H2,(H,19,22)(H,20,23)/t11-,13-/m0/s1. The third kappa shape index (κ3) is 2.60. The van der Waals surface area contributed by atoms with E-state index in [2.05, 4.69) is 20.2 Å². The molecule has 6 nitrogen and oxygen atoms in total. The van der Waals surface area contributed by atoms with E-state index in [0.29, 0.717) is 0 Å². The Morgan fingerprint density at radius 3 is 3.17 bits per heavy atom. The van der Waals surface area contributed by atoms with Crippen LogP contribution in [0.5, 0.6) is 0 Å². The van der Waals surface area contributed by atoms with Crippen molar-refractivity contribution in [2.24, 2.45) is 0 Å². The first-order chi connectivity index (χ1) is 11.2. The predicted molar refractivity (Wildman–Crippen MR) is 84.9 cm³/mol. The second kappa shape index (κ2) is 5.53. The monoisotopic (exact) mass is 310 g/mol. The number of benzene rings is 1. The first kappa shape index (κ1) is 14.0. The molecular formula is C17H18N4O2. The van der Waals surface area contributed by atoms with Crippen molar-refractivity contribution in [1.82, 2.24) is 14.9 Å². The molecule has 3 heterocycles. The molecule has 1 aromatic heterocycles. The lowest BCUT2D eigenvalue weighted by molar-refractivity contribution is -0.125. The minimum Gasteiger partial charge on any atom is -0.352 e. The van der Waals surface area contributed by atoms with Crippen LogP contribution in [-0.2, 0) is 22.6 Å². The van der Waals surface area contributed by atoms with Gasteiger partial charge in [0, 0.05) is 43.5 Å². The van der Waals surface area contributed by atoms with Crippen LogP contribution >= 0.6 is 0 Å². The van der Waals surface area contributed by atoms with Crippen LogP contribution in [0.25, 0.3) is 0 Å². The largest absolute Gasteiger partial charge is 0.352 e. The molecule has 2 N–H and O–H groups in total. The molecule has 23 heavy (non-hydrogen) atoms. The fourth-order valence-electron chi connectivity index (χ4n) is 3.43. The van der Waals surface area contributed by atoms with Gasteiger partial charge in [-0.25, -0.2) is 4.98 Å². The molecule has 0 saturated heterocycles. The highest BCUT2D eigenvalue weighted by Crippen LogP contribution is 2.34.